The number of para-hydroxylation sites is 1. The highest BCUT2D eigenvalue weighted by molar-refractivity contribution is 9.10. The van der Waals surface area contributed by atoms with Crippen molar-refractivity contribution in [2.45, 2.75) is 0 Å². The van der Waals surface area contributed by atoms with Crippen LogP contribution in [0.2, 0.25) is 0 Å². The van der Waals surface area contributed by atoms with Crippen molar-refractivity contribution in [1.29, 1.82) is 0 Å². The van der Waals surface area contributed by atoms with Crippen LogP contribution in [0.1, 0.15) is 20.7 Å². The zero-order chi connectivity index (χ0) is 20.5. The van der Waals surface area contributed by atoms with Gasteiger partial charge in [-0.2, -0.15) is 0 Å². The number of halogens is 1. The first-order chi connectivity index (χ1) is 13.4. The first-order valence-electron chi connectivity index (χ1n) is 8.08. The van der Waals surface area contributed by atoms with Gasteiger partial charge in [0.1, 0.15) is 0 Å². The van der Waals surface area contributed by atoms with Crippen LogP contribution in [-0.4, -0.2) is 44.0 Å². The Morgan fingerprint density at radius 1 is 0.893 bits per heavy atom. The van der Waals surface area contributed by atoms with Gasteiger partial charge in [-0.15, -0.1) is 0 Å². The van der Waals surface area contributed by atoms with Gasteiger partial charge in [-0.3, -0.25) is 9.59 Å². The number of ether oxygens (including phenoxy) is 2. The highest BCUT2D eigenvalue weighted by atomic mass is 79.9. The standard InChI is InChI=1S/C19H17BrN2O6/c1-27-18(25)12-6-2-3-7-13(12)19(26)28-11-17(24)21-10-16(23)22-15-9-5-4-8-14(15)20/h2-9H,10-11H2,1H3,(H,21,24)(H,22,23). The Hall–Kier alpha value is -3.20. The van der Waals surface area contributed by atoms with Crippen LogP contribution < -0.4 is 10.6 Å². The van der Waals surface area contributed by atoms with Crippen molar-refractivity contribution in [1.82, 2.24) is 5.32 Å². The van der Waals surface area contributed by atoms with Crippen LogP contribution >= 0.6 is 15.9 Å². The van der Waals surface area contributed by atoms with Crippen LogP contribution in [0.5, 0.6) is 0 Å². The average Bonchev–Trinajstić information content (AvgIpc) is 2.71. The van der Waals surface area contributed by atoms with Gasteiger partial charge in [-0.25, -0.2) is 9.59 Å². The lowest BCUT2D eigenvalue weighted by Crippen LogP contribution is -2.35. The maximum absolute atomic E-state index is 12.1. The fourth-order valence-corrected chi connectivity index (χ4v) is 2.53. The summed E-state index contributed by atoms with van der Waals surface area (Å²) in [7, 11) is 1.19. The molecule has 2 aromatic carbocycles. The first-order valence-corrected chi connectivity index (χ1v) is 8.87. The topological polar surface area (TPSA) is 111 Å². The molecule has 0 radical (unpaired) electrons. The summed E-state index contributed by atoms with van der Waals surface area (Å²) >= 11 is 3.30. The second kappa shape index (κ2) is 10.2. The summed E-state index contributed by atoms with van der Waals surface area (Å²) in [5.74, 6) is -2.65. The molecule has 0 spiro atoms. The predicted octanol–water partition coefficient (Wildman–Crippen LogP) is 2.15. The molecule has 0 unspecified atom stereocenters. The highest BCUT2D eigenvalue weighted by Gasteiger charge is 2.19. The Labute approximate surface area is 169 Å². The fraction of sp³-hybridized carbons (Fsp3) is 0.158. The second-order valence-electron chi connectivity index (χ2n) is 5.42. The van der Waals surface area contributed by atoms with E-state index in [4.69, 9.17) is 4.74 Å². The van der Waals surface area contributed by atoms with Crippen molar-refractivity contribution < 1.29 is 28.7 Å². The summed E-state index contributed by atoms with van der Waals surface area (Å²) in [6, 6.07) is 12.9. The fourth-order valence-electron chi connectivity index (χ4n) is 2.14. The summed E-state index contributed by atoms with van der Waals surface area (Å²) in [5.41, 5.74) is 0.574. The molecule has 28 heavy (non-hydrogen) atoms. The SMILES string of the molecule is COC(=O)c1ccccc1C(=O)OCC(=O)NCC(=O)Nc1ccccc1Br. The zero-order valence-corrected chi connectivity index (χ0v) is 16.4. The quantitative estimate of drug-likeness (QED) is 0.627. The van der Waals surface area contributed by atoms with Gasteiger partial charge in [0.2, 0.25) is 5.91 Å². The molecule has 0 aliphatic carbocycles. The normalized spacial score (nSPS) is 9.93. The number of carbonyl (C=O) groups excluding carboxylic acids is 4. The maximum Gasteiger partial charge on any atom is 0.339 e. The van der Waals surface area contributed by atoms with E-state index in [1.54, 1.807) is 36.4 Å². The number of hydrogen-bond donors (Lipinski definition) is 2. The van der Waals surface area contributed by atoms with Crippen LogP contribution in [0.3, 0.4) is 0 Å². The number of amides is 2. The van der Waals surface area contributed by atoms with Gasteiger partial charge in [0, 0.05) is 4.47 Å². The molecule has 0 saturated carbocycles. The molecule has 2 rings (SSSR count). The van der Waals surface area contributed by atoms with E-state index in [1.165, 1.54) is 19.2 Å². The molecule has 0 bridgehead atoms. The molecule has 0 fully saturated rings. The van der Waals surface area contributed by atoms with Crippen LogP contribution in [0, 0.1) is 0 Å². The van der Waals surface area contributed by atoms with E-state index in [9.17, 15) is 19.2 Å². The smallest absolute Gasteiger partial charge is 0.339 e. The molecule has 0 heterocycles. The van der Waals surface area contributed by atoms with Crippen molar-refractivity contribution in [2.75, 3.05) is 25.6 Å². The van der Waals surface area contributed by atoms with Crippen molar-refractivity contribution in [2.24, 2.45) is 0 Å². The van der Waals surface area contributed by atoms with Gasteiger partial charge in [0.05, 0.1) is 30.5 Å². The molecule has 0 aromatic heterocycles. The van der Waals surface area contributed by atoms with Crippen molar-refractivity contribution >= 4 is 45.4 Å². The van der Waals surface area contributed by atoms with E-state index in [-0.39, 0.29) is 17.7 Å². The van der Waals surface area contributed by atoms with Crippen LogP contribution in [0.15, 0.2) is 53.0 Å². The minimum atomic E-state index is -0.853. The third kappa shape index (κ3) is 5.92. The van der Waals surface area contributed by atoms with E-state index < -0.39 is 30.4 Å². The average molecular weight is 449 g/mol. The van der Waals surface area contributed by atoms with Gasteiger partial charge in [0.25, 0.3) is 5.91 Å². The van der Waals surface area contributed by atoms with Gasteiger partial charge in [-0.05, 0) is 40.2 Å². The molecular weight excluding hydrogens is 432 g/mol. The van der Waals surface area contributed by atoms with Gasteiger partial charge in [-0.1, -0.05) is 24.3 Å². The summed E-state index contributed by atoms with van der Waals surface area (Å²) < 4.78 is 10.2. The number of esters is 2. The maximum atomic E-state index is 12.1. The number of rotatable bonds is 7. The monoisotopic (exact) mass is 448 g/mol. The lowest BCUT2D eigenvalue weighted by molar-refractivity contribution is -0.126. The summed E-state index contributed by atoms with van der Waals surface area (Å²) in [6.45, 7) is -0.896. The minimum Gasteiger partial charge on any atom is -0.465 e. The van der Waals surface area contributed by atoms with Gasteiger partial charge >= 0.3 is 11.9 Å². The molecule has 0 atom stereocenters. The summed E-state index contributed by atoms with van der Waals surface area (Å²) in [5, 5.41) is 4.97. The Balaban J connectivity index is 1.83. The third-order valence-corrected chi connectivity index (χ3v) is 4.17. The zero-order valence-electron chi connectivity index (χ0n) is 14.9. The number of nitrogens with one attached hydrogen (secondary N) is 2. The molecule has 2 N–H and O–H groups in total. The first kappa shape index (κ1) is 21.1. The highest BCUT2D eigenvalue weighted by Crippen LogP contribution is 2.20. The van der Waals surface area contributed by atoms with Crippen molar-refractivity contribution in [3.63, 3.8) is 0 Å². The molecule has 0 aliphatic rings. The third-order valence-electron chi connectivity index (χ3n) is 3.48. The molecule has 2 aromatic rings. The van der Waals surface area contributed by atoms with E-state index in [0.717, 1.165) is 0 Å². The van der Waals surface area contributed by atoms with E-state index >= 15 is 0 Å². The van der Waals surface area contributed by atoms with E-state index in [1.807, 2.05) is 0 Å². The predicted molar refractivity (Wildman–Crippen MR) is 104 cm³/mol. The molecule has 8 nitrogen and oxygen atoms in total. The van der Waals surface area contributed by atoms with E-state index in [0.29, 0.717) is 10.2 Å². The Kier molecular flexibility index (Phi) is 7.70. The van der Waals surface area contributed by atoms with E-state index in [2.05, 4.69) is 31.3 Å². The number of carbonyl (C=O) groups is 4. The molecule has 0 aliphatic heterocycles. The second-order valence-corrected chi connectivity index (χ2v) is 6.27. The Bertz CT molecular complexity index is 899. The number of anilines is 1. The molecule has 0 saturated heterocycles. The van der Waals surface area contributed by atoms with Gasteiger partial charge < -0.3 is 20.1 Å². The lowest BCUT2D eigenvalue weighted by Gasteiger charge is -2.10. The summed E-state index contributed by atoms with van der Waals surface area (Å²) in [6.07, 6.45) is 0. The van der Waals surface area contributed by atoms with Crippen molar-refractivity contribution in [3.8, 4) is 0 Å². The lowest BCUT2D eigenvalue weighted by atomic mass is 10.1. The minimum absolute atomic E-state index is 0.0196. The van der Waals surface area contributed by atoms with Crippen LogP contribution in [0.4, 0.5) is 5.69 Å². The van der Waals surface area contributed by atoms with Crippen LogP contribution in [0.25, 0.3) is 0 Å². The molecule has 9 heteroatoms. The Morgan fingerprint density at radius 3 is 2.14 bits per heavy atom. The number of methoxy groups -OCH3 is 1. The molecule has 2 amide bonds. The molecular formula is C19H17BrN2O6. The number of hydrogen-bond acceptors (Lipinski definition) is 6. The number of benzene rings is 2. The Morgan fingerprint density at radius 2 is 1.50 bits per heavy atom. The van der Waals surface area contributed by atoms with Gasteiger partial charge in [0.15, 0.2) is 6.61 Å². The summed E-state index contributed by atoms with van der Waals surface area (Å²) in [4.78, 5) is 47.5. The molecule has 146 valence electrons. The van der Waals surface area contributed by atoms with Crippen LogP contribution in [-0.2, 0) is 19.1 Å². The van der Waals surface area contributed by atoms with Crippen molar-refractivity contribution in [3.05, 3.63) is 64.1 Å². The largest absolute Gasteiger partial charge is 0.465 e.